The van der Waals surface area contributed by atoms with Gasteiger partial charge < -0.3 is 10.5 Å². The van der Waals surface area contributed by atoms with Gasteiger partial charge in [0, 0.05) is 11.3 Å². The quantitative estimate of drug-likeness (QED) is 0.754. The number of para-hydroxylation sites is 1. The summed E-state index contributed by atoms with van der Waals surface area (Å²) in [7, 11) is 1.62. The van der Waals surface area contributed by atoms with Gasteiger partial charge in [0.2, 0.25) is 0 Å². The van der Waals surface area contributed by atoms with Crippen molar-refractivity contribution in [1.29, 1.82) is 0 Å². The van der Waals surface area contributed by atoms with Crippen molar-refractivity contribution in [3.8, 4) is 5.75 Å². The molecule has 5 nitrogen and oxygen atoms in total. The molecule has 0 fully saturated rings. The summed E-state index contributed by atoms with van der Waals surface area (Å²) in [5, 5.41) is 0.451. The van der Waals surface area contributed by atoms with E-state index in [-0.39, 0.29) is 11.6 Å². The van der Waals surface area contributed by atoms with Crippen LogP contribution in [0.3, 0.4) is 0 Å². The lowest BCUT2D eigenvalue weighted by atomic mass is 10.1. The molecule has 0 spiro atoms. The zero-order valence-electron chi connectivity index (χ0n) is 12.5. The minimum atomic E-state index is -0.208. The van der Waals surface area contributed by atoms with Gasteiger partial charge in [-0.25, -0.2) is 4.98 Å². The molecule has 3 aromatic rings. The molecule has 112 valence electrons. The Morgan fingerprint density at radius 3 is 2.73 bits per heavy atom. The molecule has 5 heteroatoms. The second-order valence-corrected chi connectivity index (χ2v) is 5.12. The van der Waals surface area contributed by atoms with E-state index in [1.165, 1.54) is 0 Å². The Balaban J connectivity index is 2.20. The van der Waals surface area contributed by atoms with Crippen molar-refractivity contribution in [1.82, 2.24) is 9.55 Å². The third-order valence-corrected chi connectivity index (χ3v) is 3.85. The molecule has 1 aromatic heterocycles. The van der Waals surface area contributed by atoms with Crippen LogP contribution in [0.5, 0.6) is 5.75 Å². The predicted molar refractivity (Wildman–Crippen MR) is 87.2 cm³/mol. The molecule has 1 heterocycles. The molecule has 0 radical (unpaired) electrons. The van der Waals surface area contributed by atoms with Gasteiger partial charge >= 0.3 is 0 Å². The van der Waals surface area contributed by atoms with E-state index in [2.05, 4.69) is 4.98 Å². The first-order valence-electron chi connectivity index (χ1n) is 7.01. The topological polar surface area (TPSA) is 70.1 Å². The molecule has 3 rings (SSSR count). The number of nitrogen functional groups attached to an aromatic ring is 1. The van der Waals surface area contributed by atoms with Crippen LogP contribution in [0.4, 0.5) is 5.69 Å². The van der Waals surface area contributed by atoms with Gasteiger partial charge in [-0.05, 0) is 25.1 Å². The number of anilines is 1. The summed E-state index contributed by atoms with van der Waals surface area (Å²) in [5.74, 6) is 0.739. The van der Waals surface area contributed by atoms with Crippen molar-refractivity contribution in [2.75, 3.05) is 12.8 Å². The number of benzene rings is 2. The fraction of sp³-hybridized carbons (Fsp3) is 0.176. The third kappa shape index (κ3) is 2.20. The molecular weight excluding hydrogens is 278 g/mol. The van der Waals surface area contributed by atoms with Crippen LogP contribution in [-0.2, 0) is 0 Å². The van der Waals surface area contributed by atoms with E-state index in [9.17, 15) is 4.79 Å². The zero-order chi connectivity index (χ0) is 15.7. The lowest BCUT2D eigenvalue weighted by Crippen LogP contribution is -2.25. The lowest BCUT2D eigenvalue weighted by Gasteiger charge is -2.18. The fourth-order valence-corrected chi connectivity index (χ4v) is 2.64. The summed E-state index contributed by atoms with van der Waals surface area (Å²) in [6.45, 7) is 1.94. The second-order valence-electron chi connectivity index (χ2n) is 5.12. The second kappa shape index (κ2) is 5.52. The predicted octanol–water partition coefficient (Wildman–Crippen LogP) is 2.60. The highest BCUT2D eigenvalue weighted by Gasteiger charge is 2.16. The number of aromatic nitrogens is 2. The van der Waals surface area contributed by atoms with Gasteiger partial charge in [0.25, 0.3) is 5.56 Å². The summed E-state index contributed by atoms with van der Waals surface area (Å²) < 4.78 is 6.96. The monoisotopic (exact) mass is 295 g/mol. The van der Waals surface area contributed by atoms with Crippen LogP contribution in [0.25, 0.3) is 10.9 Å². The molecular formula is C17H17N3O2. The van der Waals surface area contributed by atoms with Crippen LogP contribution in [-0.4, -0.2) is 16.7 Å². The standard InChI is InChI=1S/C17H17N3O2/c1-11(12-6-3-4-9-15(12)22-2)20-10-19-14-8-5-7-13(18)16(14)17(20)21/h3-11H,18H2,1-2H3. The molecule has 1 unspecified atom stereocenters. The van der Waals surface area contributed by atoms with E-state index in [0.717, 1.165) is 11.3 Å². The Morgan fingerprint density at radius 2 is 1.95 bits per heavy atom. The average Bonchev–Trinajstić information content (AvgIpc) is 2.54. The molecule has 0 aliphatic rings. The minimum absolute atomic E-state index is 0.151. The molecule has 2 N–H and O–H groups in total. The van der Waals surface area contributed by atoms with Crippen LogP contribution >= 0.6 is 0 Å². The maximum atomic E-state index is 12.8. The number of hydrogen-bond donors (Lipinski definition) is 1. The first kappa shape index (κ1) is 14.1. The molecule has 22 heavy (non-hydrogen) atoms. The number of nitrogens with two attached hydrogens (primary N) is 1. The van der Waals surface area contributed by atoms with E-state index in [1.54, 1.807) is 36.2 Å². The van der Waals surface area contributed by atoms with Gasteiger partial charge in [-0.2, -0.15) is 0 Å². The van der Waals surface area contributed by atoms with Gasteiger partial charge in [0.15, 0.2) is 0 Å². The molecule has 0 amide bonds. The number of nitrogens with zero attached hydrogens (tertiary/aromatic N) is 2. The Hall–Kier alpha value is -2.82. The van der Waals surface area contributed by atoms with Gasteiger partial charge in [-0.15, -0.1) is 0 Å². The van der Waals surface area contributed by atoms with E-state index in [4.69, 9.17) is 10.5 Å². The molecule has 1 atom stereocenters. The Bertz CT molecular complexity index is 886. The molecule has 0 bridgehead atoms. The largest absolute Gasteiger partial charge is 0.496 e. The maximum Gasteiger partial charge on any atom is 0.263 e. The Labute approximate surface area is 128 Å². The Kier molecular flexibility index (Phi) is 3.55. The van der Waals surface area contributed by atoms with Gasteiger partial charge in [0.05, 0.1) is 30.4 Å². The van der Waals surface area contributed by atoms with Crippen LogP contribution < -0.4 is 16.0 Å². The molecule has 0 aliphatic carbocycles. The molecule has 0 saturated heterocycles. The Morgan fingerprint density at radius 1 is 1.18 bits per heavy atom. The van der Waals surface area contributed by atoms with Crippen LogP contribution in [0, 0.1) is 0 Å². The summed E-state index contributed by atoms with van der Waals surface area (Å²) in [4.78, 5) is 17.1. The zero-order valence-corrected chi connectivity index (χ0v) is 12.5. The number of hydrogen-bond acceptors (Lipinski definition) is 4. The highest BCUT2D eigenvalue weighted by atomic mass is 16.5. The van der Waals surface area contributed by atoms with E-state index >= 15 is 0 Å². The maximum absolute atomic E-state index is 12.8. The van der Waals surface area contributed by atoms with Crippen molar-refractivity contribution in [3.63, 3.8) is 0 Å². The third-order valence-electron chi connectivity index (χ3n) is 3.85. The van der Waals surface area contributed by atoms with Crippen molar-refractivity contribution >= 4 is 16.6 Å². The van der Waals surface area contributed by atoms with Gasteiger partial charge in [-0.3, -0.25) is 9.36 Å². The highest BCUT2D eigenvalue weighted by Crippen LogP contribution is 2.27. The normalized spacial score (nSPS) is 12.3. The smallest absolute Gasteiger partial charge is 0.263 e. The van der Waals surface area contributed by atoms with Gasteiger partial charge in [0.1, 0.15) is 5.75 Å². The van der Waals surface area contributed by atoms with Crippen LogP contribution in [0.15, 0.2) is 53.6 Å². The average molecular weight is 295 g/mol. The summed E-state index contributed by atoms with van der Waals surface area (Å²) >= 11 is 0. The summed E-state index contributed by atoms with van der Waals surface area (Å²) in [6, 6.07) is 12.7. The van der Waals surface area contributed by atoms with Crippen molar-refractivity contribution in [3.05, 3.63) is 64.7 Å². The van der Waals surface area contributed by atoms with E-state index in [1.807, 2.05) is 31.2 Å². The molecule has 2 aromatic carbocycles. The molecule has 0 aliphatic heterocycles. The van der Waals surface area contributed by atoms with Crippen molar-refractivity contribution in [2.45, 2.75) is 13.0 Å². The van der Waals surface area contributed by atoms with Crippen LogP contribution in [0.1, 0.15) is 18.5 Å². The van der Waals surface area contributed by atoms with Crippen molar-refractivity contribution in [2.24, 2.45) is 0 Å². The number of ether oxygens (including phenoxy) is 1. The summed E-state index contributed by atoms with van der Waals surface area (Å²) in [5.41, 5.74) is 7.76. The number of rotatable bonds is 3. The SMILES string of the molecule is COc1ccccc1C(C)n1cnc2cccc(N)c2c1=O. The highest BCUT2D eigenvalue weighted by molar-refractivity contribution is 5.89. The summed E-state index contributed by atoms with van der Waals surface area (Å²) in [6.07, 6.45) is 1.56. The van der Waals surface area contributed by atoms with Crippen LogP contribution in [0.2, 0.25) is 0 Å². The van der Waals surface area contributed by atoms with Crippen molar-refractivity contribution < 1.29 is 4.74 Å². The van der Waals surface area contributed by atoms with E-state index in [0.29, 0.717) is 16.6 Å². The fourth-order valence-electron chi connectivity index (χ4n) is 2.64. The van der Waals surface area contributed by atoms with E-state index < -0.39 is 0 Å². The van der Waals surface area contributed by atoms with Gasteiger partial charge in [-0.1, -0.05) is 24.3 Å². The molecule has 0 saturated carbocycles. The first-order valence-corrected chi connectivity index (χ1v) is 7.01. The number of fused-ring (bicyclic) bond motifs is 1. The number of methoxy groups -OCH3 is 1. The minimum Gasteiger partial charge on any atom is -0.496 e. The first-order chi connectivity index (χ1) is 10.6. The lowest BCUT2D eigenvalue weighted by molar-refractivity contribution is 0.402.